The standard InChI is InChI=1S/C16H24N2OS/c1-12(2)9-15-11-18-16(20-15)17-8-7-13-5-4-6-14(10-13)19-3/h4-6,10,12,15H,7-9,11H2,1-3H3,(H,17,18). The van der Waals surface area contributed by atoms with Crippen molar-refractivity contribution in [3.63, 3.8) is 0 Å². The van der Waals surface area contributed by atoms with Crippen molar-refractivity contribution in [2.45, 2.75) is 31.9 Å². The number of benzene rings is 1. The van der Waals surface area contributed by atoms with E-state index in [9.17, 15) is 0 Å². The number of amidine groups is 1. The lowest BCUT2D eigenvalue weighted by Gasteiger charge is -2.11. The molecule has 1 aliphatic rings. The summed E-state index contributed by atoms with van der Waals surface area (Å²) in [5.74, 6) is 1.67. The molecule has 0 amide bonds. The largest absolute Gasteiger partial charge is 0.497 e. The SMILES string of the molecule is COc1cccc(CCNC2=NCC(CC(C)C)S2)c1. The van der Waals surface area contributed by atoms with Crippen LogP contribution in [0.3, 0.4) is 0 Å². The molecular formula is C16H24N2OS. The Morgan fingerprint density at radius 3 is 3.05 bits per heavy atom. The molecule has 1 atom stereocenters. The third-order valence-corrected chi connectivity index (χ3v) is 4.45. The van der Waals surface area contributed by atoms with Crippen LogP contribution >= 0.6 is 11.8 Å². The van der Waals surface area contributed by atoms with Crippen LogP contribution in [0.1, 0.15) is 25.8 Å². The first-order valence-electron chi connectivity index (χ1n) is 7.25. The van der Waals surface area contributed by atoms with Crippen molar-refractivity contribution in [1.82, 2.24) is 5.32 Å². The summed E-state index contributed by atoms with van der Waals surface area (Å²) in [6.45, 7) is 6.43. The Labute approximate surface area is 126 Å². The van der Waals surface area contributed by atoms with Crippen LogP contribution in [0, 0.1) is 5.92 Å². The number of nitrogens with zero attached hydrogens (tertiary/aromatic N) is 1. The van der Waals surface area contributed by atoms with Crippen LogP contribution in [0.15, 0.2) is 29.3 Å². The number of nitrogens with one attached hydrogen (secondary N) is 1. The second-order valence-electron chi connectivity index (χ2n) is 5.54. The second-order valence-corrected chi connectivity index (χ2v) is 6.83. The number of hydrogen-bond acceptors (Lipinski definition) is 4. The molecule has 2 rings (SSSR count). The van der Waals surface area contributed by atoms with E-state index in [2.05, 4.69) is 36.3 Å². The van der Waals surface area contributed by atoms with Gasteiger partial charge in [0, 0.05) is 11.8 Å². The molecule has 0 aliphatic carbocycles. The van der Waals surface area contributed by atoms with Gasteiger partial charge in [-0.15, -0.1) is 0 Å². The molecule has 0 bridgehead atoms. The van der Waals surface area contributed by atoms with Crippen LogP contribution in [0.4, 0.5) is 0 Å². The van der Waals surface area contributed by atoms with E-state index in [1.54, 1.807) is 7.11 Å². The fourth-order valence-corrected chi connectivity index (χ4v) is 3.59. The number of thioether (sulfide) groups is 1. The number of ether oxygens (including phenoxy) is 1. The van der Waals surface area contributed by atoms with Gasteiger partial charge in [0.25, 0.3) is 0 Å². The van der Waals surface area contributed by atoms with Crippen molar-refractivity contribution in [3.8, 4) is 5.75 Å². The summed E-state index contributed by atoms with van der Waals surface area (Å²) in [5.41, 5.74) is 1.29. The number of aliphatic imine (C=N–C) groups is 1. The van der Waals surface area contributed by atoms with Gasteiger partial charge in [0.2, 0.25) is 0 Å². The molecule has 1 unspecified atom stereocenters. The first-order chi connectivity index (χ1) is 9.67. The van der Waals surface area contributed by atoms with E-state index in [-0.39, 0.29) is 0 Å². The molecule has 0 saturated carbocycles. The Kier molecular flexibility index (Phi) is 5.77. The molecule has 0 saturated heterocycles. The van der Waals surface area contributed by atoms with Crippen LogP contribution in [-0.2, 0) is 6.42 Å². The molecule has 0 spiro atoms. The Morgan fingerprint density at radius 1 is 1.45 bits per heavy atom. The van der Waals surface area contributed by atoms with Crippen LogP contribution in [-0.4, -0.2) is 30.6 Å². The highest BCUT2D eigenvalue weighted by Gasteiger charge is 2.19. The molecule has 1 heterocycles. The van der Waals surface area contributed by atoms with Crippen LogP contribution < -0.4 is 10.1 Å². The third kappa shape index (κ3) is 4.75. The van der Waals surface area contributed by atoms with E-state index in [0.717, 1.165) is 36.3 Å². The molecular weight excluding hydrogens is 268 g/mol. The van der Waals surface area contributed by atoms with Gasteiger partial charge in [0.15, 0.2) is 5.17 Å². The predicted octanol–water partition coefficient (Wildman–Crippen LogP) is 3.34. The van der Waals surface area contributed by atoms with Crippen molar-refractivity contribution in [3.05, 3.63) is 29.8 Å². The van der Waals surface area contributed by atoms with E-state index in [0.29, 0.717) is 5.25 Å². The highest BCUT2D eigenvalue weighted by Crippen LogP contribution is 2.25. The maximum Gasteiger partial charge on any atom is 0.156 e. The zero-order valence-electron chi connectivity index (χ0n) is 12.6. The Hall–Kier alpha value is -1.16. The maximum absolute atomic E-state index is 5.24. The second kappa shape index (κ2) is 7.58. The fourth-order valence-electron chi connectivity index (χ4n) is 2.30. The van der Waals surface area contributed by atoms with Gasteiger partial charge < -0.3 is 10.1 Å². The van der Waals surface area contributed by atoms with E-state index >= 15 is 0 Å². The minimum Gasteiger partial charge on any atom is -0.497 e. The van der Waals surface area contributed by atoms with Gasteiger partial charge in [-0.2, -0.15) is 0 Å². The monoisotopic (exact) mass is 292 g/mol. The summed E-state index contributed by atoms with van der Waals surface area (Å²) >= 11 is 1.90. The zero-order valence-corrected chi connectivity index (χ0v) is 13.4. The van der Waals surface area contributed by atoms with Crippen molar-refractivity contribution in [1.29, 1.82) is 0 Å². The summed E-state index contributed by atoms with van der Waals surface area (Å²) < 4.78 is 5.24. The molecule has 1 aromatic rings. The van der Waals surface area contributed by atoms with Gasteiger partial charge >= 0.3 is 0 Å². The molecule has 1 aliphatic heterocycles. The van der Waals surface area contributed by atoms with Crippen molar-refractivity contribution in [2.24, 2.45) is 10.9 Å². The maximum atomic E-state index is 5.24. The van der Waals surface area contributed by atoms with Crippen molar-refractivity contribution in [2.75, 3.05) is 20.2 Å². The molecule has 0 fully saturated rings. The highest BCUT2D eigenvalue weighted by molar-refractivity contribution is 8.14. The quantitative estimate of drug-likeness (QED) is 0.873. The van der Waals surface area contributed by atoms with Gasteiger partial charge in [-0.1, -0.05) is 37.7 Å². The molecule has 110 valence electrons. The fraction of sp³-hybridized carbons (Fsp3) is 0.562. The molecule has 3 nitrogen and oxygen atoms in total. The van der Waals surface area contributed by atoms with E-state index in [1.165, 1.54) is 12.0 Å². The lowest BCUT2D eigenvalue weighted by Crippen LogP contribution is -2.22. The first-order valence-corrected chi connectivity index (χ1v) is 8.13. The average molecular weight is 292 g/mol. The van der Waals surface area contributed by atoms with Gasteiger partial charge in [0.1, 0.15) is 5.75 Å². The summed E-state index contributed by atoms with van der Waals surface area (Å²) in [4.78, 5) is 4.58. The summed E-state index contributed by atoms with van der Waals surface area (Å²) in [6.07, 6.45) is 2.24. The number of methoxy groups -OCH3 is 1. The lowest BCUT2D eigenvalue weighted by molar-refractivity contribution is 0.414. The number of hydrogen-bond donors (Lipinski definition) is 1. The number of rotatable bonds is 6. The third-order valence-electron chi connectivity index (χ3n) is 3.28. The molecule has 1 N–H and O–H groups in total. The van der Waals surface area contributed by atoms with Gasteiger partial charge in [-0.05, 0) is 36.5 Å². The lowest BCUT2D eigenvalue weighted by atomic mass is 10.1. The minimum absolute atomic E-state index is 0.661. The molecule has 20 heavy (non-hydrogen) atoms. The van der Waals surface area contributed by atoms with Crippen molar-refractivity contribution < 1.29 is 4.74 Å². The molecule has 0 radical (unpaired) electrons. The predicted molar refractivity (Wildman–Crippen MR) is 87.8 cm³/mol. The van der Waals surface area contributed by atoms with Crippen LogP contribution in [0.25, 0.3) is 0 Å². The summed E-state index contributed by atoms with van der Waals surface area (Å²) in [7, 11) is 1.70. The van der Waals surface area contributed by atoms with E-state index < -0.39 is 0 Å². The van der Waals surface area contributed by atoms with Crippen LogP contribution in [0.2, 0.25) is 0 Å². The normalized spacial score (nSPS) is 18.2. The summed E-state index contributed by atoms with van der Waals surface area (Å²) in [5, 5.41) is 5.21. The Balaban J connectivity index is 1.71. The molecule has 4 heteroatoms. The van der Waals surface area contributed by atoms with Gasteiger partial charge in [0.05, 0.1) is 13.7 Å². The van der Waals surface area contributed by atoms with Crippen molar-refractivity contribution >= 4 is 16.9 Å². The Bertz CT molecular complexity index is 460. The van der Waals surface area contributed by atoms with Crippen LogP contribution in [0.5, 0.6) is 5.75 Å². The van der Waals surface area contributed by atoms with E-state index in [1.807, 2.05) is 23.9 Å². The Morgan fingerprint density at radius 2 is 2.30 bits per heavy atom. The average Bonchev–Trinajstić information content (AvgIpc) is 2.86. The zero-order chi connectivity index (χ0) is 14.4. The topological polar surface area (TPSA) is 33.6 Å². The minimum atomic E-state index is 0.661. The molecule has 1 aromatic carbocycles. The van der Waals surface area contributed by atoms with Gasteiger partial charge in [-0.3, -0.25) is 4.99 Å². The first kappa shape index (κ1) is 15.2. The smallest absolute Gasteiger partial charge is 0.156 e. The van der Waals surface area contributed by atoms with Gasteiger partial charge in [-0.25, -0.2) is 0 Å². The molecule has 0 aromatic heterocycles. The highest BCUT2D eigenvalue weighted by atomic mass is 32.2. The van der Waals surface area contributed by atoms with E-state index in [4.69, 9.17) is 4.74 Å². The summed E-state index contributed by atoms with van der Waals surface area (Å²) in [6, 6.07) is 8.24.